The molecule has 0 atom stereocenters. The van der Waals surface area contributed by atoms with Gasteiger partial charge in [0.2, 0.25) is 11.8 Å². The summed E-state index contributed by atoms with van der Waals surface area (Å²) in [5.41, 5.74) is 0.419. The van der Waals surface area contributed by atoms with Gasteiger partial charge >= 0.3 is 0 Å². The fourth-order valence-electron chi connectivity index (χ4n) is 2.88. The van der Waals surface area contributed by atoms with Crippen LogP contribution in [-0.4, -0.2) is 32.6 Å². The van der Waals surface area contributed by atoms with Gasteiger partial charge in [0, 0.05) is 18.8 Å². The molecule has 6 nitrogen and oxygen atoms in total. The molecule has 2 rings (SSSR count). The quantitative estimate of drug-likeness (QED) is 0.709. The fraction of sp³-hybridized carbons (Fsp3) is 0.364. The van der Waals surface area contributed by atoms with Crippen molar-refractivity contribution in [1.82, 2.24) is 5.32 Å². The van der Waals surface area contributed by atoms with E-state index in [2.05, 4.69) is 5.32 Å². The van der Waals surface area contributed by atoms with Gasteiger partial charge in [-0.15, -0.1) is 0 Å². The minimum atomic E-state index is -1.21. The lowest BCUT2D eigenvalue weighted by Crippen LogP contribution is -2.49. The van der Waals surface area contributed by atoms with Crippen molar-refractivity contribution in [3.8, 4) is 11.5 Å². The van der Waals surface area contributed by atoms with E-state index in [9.17, 15) is 9.59 Å². The van der Waals surface area contributed by atoms with Crippen molar-refractivity contribution in [3.63, 3.8) is 0 Å². The zero-order valence-corrected chi connectivity index (χ0v) is 17.1. The molecule has 0 aliphatic heterocycles. The second kappa shape index (κ2) is 9.26. The van der Waals surface area contributed by atoms with Crippen LogP contribution in [0.2, 0.25) is 0 Å². The van der Waals surface area contributed by atoms with E-state index in [0.29, 0.717) is 18.0 Å². The van der Waals surface area contributed by atoms with Gasteiger partial charge in [-0.05, 0) is 50.6 Å². The van der Waals surface area contributed by atoms with Crippen LogP contribution in [-0.2, 0) is 16.1 Å². The molecular weight excluding hydrogens is 356 g/mol. The number of carbonyl (C=O) groups excluding carboxylic acids is 2. The molecule has 0 unspecified atom stereocenters. The van der Waals surface area contributed by atoms with Crippen LogP contribution >= 0.6 is 0 Å². The van der Waals surface area contributed by atoms with E-state index in [1.807, 2.05) is 43.3 Å². The van der Waals surface area contributed by atoms with Crippen molar-refractivity contribution in [2.24, 2.45) is 5.41 Å². The van der Waals surface area contributed by atoms with Crippen LogP contribution in [0.25, 0.3) is 0 Å². The predicted octanol–water partition coefficient (Wildman–Crippen LogP) is 3.40. The van der Waals surface area contributed by atoms with E-state index in [-0.39, 0.29) is 18.4 Å². The molecule has 6 heteroatoms. The van der Waals surface area contributed by atoms with Crippen LogP contribution in [0.4, 0.5) is 5.69 Å². The summed E-state index contributed by atoms with van der Waals surface area (Å²) >= 11 is 0. The van der Waals surface area contributed by atoms with E-state index in [1.165, 1.54) is 0 Å². The summed E-state index contributed by atoms with van der Waals surface area (Å²) in [6.45, 7) is 5.95. The lowest BCUT2D eigenvalue weighted by atomic mass is 9.89. The van der Waals surface area contributed by atoms with E-state index >= 15 is 0 Å². The van der Waals surface area contributed by atoms with Gasteiger partial charge in [0.15, 0.2) is 11.5 Å². The molecule has 2 amide bonds. The van der Waals surface area contributed by atoms with E-state index in [0.717, 1.165) is 11.3 Å². The number of nitrogens with one attached hydrogen (secondary N) is 1. The summed E-state index contributed by atoms with van der Waals surface area (Å²) in [4.78, 5) is 27.5. The SMILES string of the molecule is CCN(C(=O)C(C)(C)C(=O)NCc1ccc(OC)c(OC)c1)c1ccccc1. The Morgan fingerprint density at radius 2 is 1.64 bits per heavy atom. The van der Waals surface area contributed by atoms with Gasteiger partial charge in [-0.1, -0.05) is 24.3 Å². The molecule has 0 radical (unpaired) electrons. The standard InChI is InChI=1S/C22H28N2O4/c1-6-24(17-10-8-7-9-11-17)21(26)22(2,3)20(25)23-15-16-12-13-18(27-4)19(14-16)28-5/h7-14H,6,15H2,1-5H3,(H,23,25). The van der Waals surface area contributed by atoms with Crippen molar-refractivity contribution >= 4 is 17.5 Å². The third-order valence-corrected chi connectivity index (χ3v) is 4.63. The summed E-state index contributed by atoms with van der Waals surface area (Å²) < 4.78 is 10.5. The molecule has 1 N–H and O–H groups in total. The summed E-state index contributed by atoms with van der Waals surface area (Å²) in [6.07, 6.45) is 0. The van der Waals surface area contributed by atoms with E-state index < -0.39 is 5.41 Å². The second-order valence-electron chi connectivity index (χ2n) is 6.88. The van der Waals surface area contributed by atoms with Gasteiger partial charge in [0.1, 0.15) is 5.41 Å². The number of para-hydroxylation sites is 1. The van der Waals surface area contributed by atoms with Gasteiger partial charge in [-0.3, -0.25) is 9.59 Å². The molecule has 0 saturated heterocycles. The van der Waals surface area contributed by atoms with Gasteiger partial charge in [0.25, 0.3) is 0 Å². The van der Waals surface area contributed by atoms with Crippen molar-refractivity contribution in [3.05, 3.63) is 54.1 Å². The maximum atomic E-state index is 13.1. The molecule has 0 heterocycles. The first-order chi connectivity index (χ1) is 13.3. The highest BCUT2D eigenvalue weighted by atomic mass is 16.5. The fourth-order valence-corrected chi connectivity index (χ4v) is 2.88. The summed E-state index contributed by atoms with van der Waals surface area (Å²) in [5, 5.41) is 2.86. The van der Waals surface area contributed by atoms with Crippen LogP contribution in [0.5, 0.6) is 11.5 Å². The highest BCUT2D eigenvalue weighted by Gasteiger charge is 2.39. The van der Waals surface area contributed by atoms with Gasteiger partial charge in [0.05, 0.1) is 14.2 Å². The topological polar surface area (TPSA) is 67.9 Å². The van der Waals surface area contributed by atoms with Crippen LogP contribution in [0.15, 0.2) is 48.5 Å². The minimum Gasteiger partial charge on any atom is -0.493 e. The number of rotatable bonds is 8. The van der Waals surface area contributed by atoms with Gasteiger partial charge in [-0.25, -0.2) is 0 Å². The molecular formula is C22H28N2O4. The smallest absolute Gasteiger partial charge is 0.242 e. The zero-order valence-electron chi connectivity index (χ0n) is 17.1. The molecule has 150 valence electrons. The summed E-state index contributed by atoms with van der Waals surface area (Å²) in [7, 11) is 3.13. The number of anilines is 1. The Balaban J connectivity index is 2.10. The Bertz CT molecular complexity index is 819. The molecule has 2 aromatic rings. The largest absolute Gasteiger partial charge is 0.493 e. The monoisotopic (exact) mass is 384 g/mol. The number of ether oxygens (including phenoxy) is 2. The zero-order chi connectivity index (χ0) is 20.7. The second-order valence-corrected chi connectivity index (χ2v) is 6.88. The van der Waals surface area contributed by atoms with Gasteiger partial charge in [-0.2, -0.15) is 0 Å². The Labute approximate surface area is 166 Å². The number of amides is 2. The van der Waals surface area contributed by atoms with Crippen LogP contribution in [0, 0.1) is 5.41 Å². The van der Waals surface area contributed by atoms with E-state index in [4.69, 9.17) is 9.47 Å². The van der Waals surface area contributed by atoms with Crippen LogP contribution < -0.4 is 19.7 Å². The number of methoxy groups -OCH3 is 2. The number of carbonyl (C=O) groups is 2. The number of hydrogen-bond donors (Lipinski definition) is 1. The minimum absolute atomic E-state index is 0.244. The lowest BCUT2D eigenvalue weighted by molar-refractivity contribution is -0.139. The first-order valence-corrected chi connectivity index (χ1v) is 9.21. The van der Waals surface area contributed by atoms with Crippen molar-refractivity contribution in [1.29, 1.82) is 0 Å². The molecule has 0 bridgehead atoms. The maximum absolute atomic E-state index is 13.1. The van der Waals surface area contributed by atoms with Crippen LogP contribution in [0.1, 0.15) is 26.3 Å². The molecule has 0 aliphatic rings. The third-order valence-electron chi connectivity index (χ3n) is 4.63. The first kappa shape index (κ1) is 21.3. The maximum Gasteiger partial charge on any atom is 0.242 e. The summed E-state index contributed by atoms with van der Waals surface area (Å²) in [6, 6.07) is 14.8. The Hall–Kier alpha value is -3.02. The number of nitrogens with zero attached hydrogens (tertiary/aromatic N) is 1. The molecule has 0 saturated carbocycles. The van der Waals surface area contributed by atoms with Gasteiger partial charge < -0.3 is 19.7 Å². The van der Waals surface area contributed by atoms with E-state index in [1.54, 1.807) is 45.1 Å². The Morgan fingerprint density at radius 3 is 2.21 bits per heavy atom. The average molecular weight is 384 g/mol. The molecule has 0 aromatic heterocycles. The third kappa shape index (κ3) is 4.63. The van der Waals surface area contributed by atoms with Crippen molar-refractivity contribution in [2.75, 3.05) is 25.7 Å². The molecule has 2 aromatic carbocycles. The predicted molar refractivity (Wildman–Crippen MR) is 110 cm³/mol. The first-order valence-electron chi connectivity index (χ1n) is 9.21. The molecule has 0 spiro atoms. The van der Waals surface area contributed by atoms with Crippen molar-refractivity contribution in [2.45, 2.75) is 27.3 Å². The Morgan fingerprint density at radius 1 is 1.00 bits per heavy atom. The van der Waals surface area contributed by atoms with Crippen LogP contribution in [0.3, 0.4) is 0 Å². The molecule has 0 aliphatic carbocycles. The number of benzene rings is 2. The lowest BCUT2D eigenvalue weighted by Gasteiger charge is -2.30. The molecule has 0 fully saturated rings. The van der Waals surface area contributed by atoms with Crippen molar-refractivity contribution < 1.29 is 19.1 Å². The Kier molecular flexibility index (Phi) is 7.04. The highest BCUT2D eigenvalue weighted by molar-refractivity contribution is 6.11. The molecule has 28 heavy (non-hydrogen) atoms. The summed E-state index contributed by atoms with van der Waals surface area (Å²) in [5.74, 6) is 0.632. The normalized spacial score (nSPS) is 10.9. The number of hydrogen-bond acceptors (Lipinski definition) is 4. The average Bonchev–Trinajstić information content (AvgIpc) is 2.72. The highest BCUT2D eigenvalue weighted by Crippen LogP contribution is 2.28.